The number of aliphatic hydroxyl groups excluding tert-OH is 1. The maximum absolute atomic E-state index is 14.7. The number of hydrogen-bond acceptors (Lipinski definition) is 9. The zero-order valence-electron chi connectivity index (χ0n) is 36.2. The first-order valence-electron chi connectivity index (χ1n) is 20.5. The Morgan fingerprint density at radius 3 is 2.17 bits per heavy atom. The van der Waals surface area contributed by atoms with Gasteiger partial charge in [0, 0.05) is 29.7 Å². The molecule has 0 saturated carbocycles. The number of aromatic nitrogens is 2. The number of aryl methyl sites for hydroxylation is 2. The number of carbonyl (C=O) groups excluding carboxylic acids is 4. The molecule has 0 spiro atoms. The summed E-state index contributed by atoms with van der Waals surface area (Å²) in [7, 11) is 1.24. The number of pyridine rings is 1. The predicted octanol–water partition coefficient (Wildman–Crippen LogP) is 6.35. The Hall–Kier alpha value is -5.34. The van der Waals surface area contributed by atoms with Gasteiger partial charge in [0.1, 0.15) is 6.04 Å². The molecule has 14 heteroatoms. The molecule has 0 radical (unpaired) electrons. The van der Waals surface area contributed by atoms with Crippen molar-refractivity contribution in [3.8, 4) is 11.3 Å². The molecule has 1 aliphatic heterocycles. The first kappa shape index (κ1) is 45.7. The van der Waals surface area contributed by atoms with E-state index in [-0.39, 0.29) is 31.3 Å². The van der Waals surface area contributed by atoms with Crippen LogP contribution in [-0.4, -0.2) is 87.8 Å². The van der Waals surface area contributed by atoms with Crippen molar-refractivity contribution < 1.29 is 29.0 Å². The molecule has 0 bridgehead atoms. The van der Waals surface area contributed by atoms with E-state index in [1.165, 1.54) is 18.4 Å². The molecule has 1 aliphatic rings. The minimum atomic E-state index is -1.15. The highest BCUT2D eigenvalue weighted by molar-refractivity contribution is 7.09. The highest BCUT2D eigenvalue weighted by Gasteiger charge is 2.46. The van der Waals surface area contributed by atoms with Gasteiger partial charge in [0.2, 0.25) is 11.8 Å². The number of amides is 5. The Labute approximate surface area is 358 Å². The van der Waals surface area contributed by atoms with Gasteiger partial charge in [-0.25, -0.2) is 14.6 Å². The summed E-state index contributed by atoms with van der Waals surface area (Å²) >= 11 is 1.51. The van der Waals surface area contributed by atoms with Crippen LogP contribution in [0.15, 0.2) is 78.3 Å². The monoisotopic (exact) mass is 839 g/mol. The van der Waals surface area contributed by atoms with E-state index < -0.39 is 59.0 Å². The molecule has 3 heterocycles. The molecule has 5 N–H and O–H groups in total. The number of urea groups is 1. The number of hydrogen-bond donors (Lipinski definition) is 5. The van der Waals surface area contributed by atoms with E-state index in [0.717, 1.165) is 38.6 Å². The number of benzene rings is 2. The molecular weight excluding hydrogens is 779 g/mol. The van der Waals surface area contributed by atoms with Crippen LogP contribution in [0.25, 0.3) is 11.3 Å². The van der Waals surface area contributed by atoms with Crippen molar-refractivity contribution in [2.75, 3.05) is 13.7 Å². The van der Waals surface area contributed by atoms with E-state index in [4.69, 9.17) is 4.74 Å². The van der Waals surface area contributed by atoms with E-state index in [2.05, 4.69) is 31.2 Å². The minimum absolute atomic E-state index is 0.0854. The van der Waals surface area contributed by atoms with Gasteiger partial charge in [-0.15, -0.1) is 11.3 Å². The van der Waals surface area contributed by atoms with Crippen molar-refractivity contribution in [2.45, 2.75) is 111 Å². The smallest absolute Gasteiger partial charge is 0.407 e. The lowest BCUT2D eigenvalue weighted by molar-refractivity contribution is -0.132. The van der Waals surface area contributed by atoms with Gasteiger partial charge in [-0.05, 0) is 66.7 Å². The minimum Gasteiger partial charge on any atom is -0.453 e. The molecule has 5 rings (SSSR count). The molecule has 1 saturated heterocycles. The maximum Gasteiger partial charge on any atom is 0.407 e. The van der Waals surface area contributed by atoms with Crippen LogP contribution in [0.1, 0.15) is 75.4 Å². The number of thiazole rings is 1. The van der Waals surface area contributed by atoms with Crippen LogP contribution in [0.2, 0.25) is 0 Å². The summed E-state index contributed by atoms with van der Waals surface area (Å²) < 4.78 is 4.84. The van der Waals surface area contributed by atoms with E-state index in [1.54, 1.807) is 4.90 Å². The fraction of sp³-hybridized carbons (Fsp3) is 0.478. The normalized spacial score (nSPS) is 16.9. The number of carbonyl (C=O) groups is 4. The second-order valence-electron chi connectivity index (χ2n) is 18.0. The molecule has 2 aromatic carbocycles. The third-order valence-electron chi connectivity index (χ3n) is 10.9. The molecule has 322 valence electrons. The van der Waals surface area contributed by atoms with Crippen LogP contribution < -0.4 is 21.3 Å². The first-order valence-corrected chi connectivity index (χ1v) is 21.3. The number of aliphatic hydroxyl groups is 1. The lowest BCUT2D eigenvalue weighted by Gasteiger charge is -2.39. The highest BCUT2D eigenvalue weighted by atomic mass is 32.1. The Morgan fingerprint density at radius 1 is 0.900 bits per heavy atom. The van der Waals surface area contributed by atoms with Gasteiger partial charge in [0.25, 0.3) is 0 Å². The van der Waals surface area contributed by atoms with Gasteiger partial charge in [0.05, 0.1) is 54.2 Å². The summed E-state index contributed by atoms with van der Waals surface area (Å²) in [6.07, 6.45) is 0.658. The zero-order chi connectivity index (χ0) is 43.8. The lowest BCUT2D eigenvalue weighted by atomic mass is 9.75. The number of alkyl carbamates (subject to hydrolysis) is 1. The predicted molar refractivity (Wildman–Crippen MR) is 234 cm³/mol. The van der Waals surface area contributed by atoms with Crippen molar-refractivity contribution in [2.24, 2.45) is 16.7 Å². The molecule has 5 amide bonds. The third kappa shape index (κ3) is 12.4. The van der Waals surface area contributed by atoms with Crippen LogP contribution in [-0.2, 0) is 33.7 Å². The number of methoxy groups -OCH3 is 1. The summed E-state index contributed by atoms with van der Waals surface area (Å²) in [6, 6.07) is 18.4. The van der Waals surface area contributed by atoms with Crippen molar-refractivity contribution in [3.05, 3.63) is 106 Å². The Balaban J connectivity index is 1.44. The van der Waals surface area contributed by atoms with Crippen LogP contribution in [0.4, 0.5) is 9.59 Å². The molecule has 1 fully saturated rings. The van der Waals surface area contributed by atoms with Crippen LogP contribution in [0, 0.1) is 30.6 Å². The van der Waals surface area contributed by atoms with Crippen molar-refractivity contribution in [1.82, 2.24) is 36.1 Å². The Bertz CT molecular complexity index is 2060. The lowest BCUT2D eigenvalue weighted by Crippen LogP contribution is -2.58. The van der Waals surface area contributed by atoms with Gasteiger partial charge < -0.3 is 36.0 Å². The van der Waals surface area contributed by atoms with Crippen LogP contribution in [0.3, 0.4) is 0 Å². The maximum atomic E-state index is 14.7. The van der Waals surface area contributed by atoms with Gasteiger partial charge in [-0.2, -0.15) is 0 Å². The van der Waals surface area contributed by atoms with E-state index in [1.807, 2.05) is 134 Å². The molecule has 6 atom stereocenters. The molecule has 0 aliphatic carbocycles. The second kappa shape index (κ2) is 19.8. The molecule has 13 nitrogen and oxygen atoms in total. The fourth-order valence-corrected chi connectivity index (χ4v) is 8.39. The number of nitrogens with zero attached hydrogens (tertiary/aromatic N) is 3. The molecule has 60 heavy (non-hydrogen) atoms. The standard InChI is InChI=1S/C46H61N7O6S/c1-28-15-20-35(47-24-28)32-18-16-31(17-19-32)22-36(51-42(56)40(46(6,7)8)52-44(58)59-9)38(54)23-33(21-30-13-11-10-12-14-30)50-41(55)39(45(3,4)5)37-25-48-43(57)53(37)26-34-27-60-29(2)49-34/h10-20,24,27,33,36-40,54H,21-23,25-26H2,1-9H3,(H,48,57)(H,50,55)(H,51,56)(H,52,58)/t33-,36-,37?,38-,39-,40+/m0/s1. The zero-order valence-corrected chi connectivity index (χ0v) is 37.1. The first-order chi connectivity index (χ1) is 28.3. The van der Waals surface area contributed by atoms with Crippen LogP contribution in [0.5, 0.6) is 0 Å². The average molecular weight is 840 g/mol. The molecule has 4 aromatic rings. The summed E-state index contributed by atoms with van der Waals surface area (Å²) in [5, 5.41) is 27.0. The Kier molecular flexibility index (Phi) is 15.1. The molecular formula is C46H61N7O6S. The van der Waals surface area contributed by atoms with E-state index >= 15 is 0 Å². The van der Waals surface area contributed by atoms with Crippen molar-refractivity contribution in [1.29, 1.82) is 0 Å². The van der Waals surface area contributed by atoms with E-state index in [9.17, 15) is 24.3 Å². The SMILES string of the molecule is COC(=O)N[C@H](C(=O)N[C@@H](Cc1ccc(-c2ccc(C)cn2)cc1)[C@@H](O)C[C@H](Cc1ccccc1)NC(=O)[C@H](C1CNC(=O)N1Cc1csc(C)n1)C(C)(C)C)C(C)(C)C. The molecule has 1 unspecified atom stereocenters. The van der Waals surface area contributed by atoms with Crippen molar-refractivity contribution >= 4 is 35.3 Å². The van der Waals surface area contributed by atoms with Gasteiger partial charge in [-0.3, -0.25) is 14.6 Å². The number of rotatable bonds is 16. The second-order valence-corrected chi connectivity index (χ2v) is 19.0. The number of ether oxygens (including phenoxy) is 1. The average Bonchev–Trinajstić information content (AvgIpc) is 3.76. The number of nitrogens with one attached hydrogen (secondary N) is 4. The third-order valence-corrected chi connectivity index (χ3v) is 11.7. The highest BCUT2D eigenvalue weighted by Crippen LogP contribution is 2.34. The van der Waals surface area contributed by atoms with Crippen LogP contribution >= 0.6 is 11.3 Å². The summed E-state index contributed by atoms with van der Waals surface area (Å²) in [4.78, 5) is 65.2. The van der Waals surface area contributed by atoms with E-state index in [0.29, 0.717) is 13.0 Å². The largest absolute Gasteiger partial charge is 0.453 e. The molecule has 2 aromatic heterocycles. The van der Waals surface area contributed by atoms with Gasteiger partial charge in [-0.1, -0.05) is 102 Å². The summed E-state index contributed by atoms with van der Waals surface area (Å²) in [5.41, 5.74) is 4.12. The topological polar surface area (TPSA) is 175 Å². The van der Waals surface area contributed by atoms with Gasteiger partial charge in [0.15, 0.2) is 0 Å². The fourth-order valence-electron chi connectivity index (χ4n) is 7.79. The van der Waals surface area contributed by atoms with Crippen molar-refractivity contribution in [3.63, 3.8) is 0 Å². The quantitative estimate of drug-likeness (QED) is 0.0868. The van der Waals surface area contributed by atoms with Gasteiger partial charge >= 0.3 is 12.1 Å². The summed E-state index contributed by atoms with van der Waals surface area (Å²) in [6.45, 7) is 15.9. The Morgan fingerprint density at radius 2 is 1.58 bits per heavy atom. The summed E-state index contributed by atoms with van der Waals surface area (Å²) in [5.74, 6) is -1.35.